The number of aliphatic carboxylic acids is 1. The van der Waals surface area contributed by atoms with Gasteiger partial charge >= 0.3 is 5.97 Å². The number of hydrogen-bond acceptors (Lipinski definition) is 2. The summed E-state index contributed by atoms with van der Waals surface area (Å²) in [6, 6.07) is 6.27. The van der Waals surface area contributed by atoms with Gasteiger partial charge in [-0.25, -0.2) is 0 Å². The topological polar surface area (TPSA) is 54.4 Å². The van der Waals surface area contributed by atoms with Gasteiger partial charge in [-0.2, -0.15) is 0 Å². The summed E-state index contributed by atoms with van der Waals surface area (Å²) in [6.45, 7) is 4.09. The number of unbranched alkanes of at least 4 members (excludes halogenated alkanes) is 2. The smallest absolute Gasteiger partial charge is 0.303 e. The van der Waals surface area contributed by atoms with E-state index in [1.165, 1.54) is 11.1 Å². The summed E-state index contributed by atoms with van der Waals surface area (Å²) in [6.07, 6.45) is 2.56. The monoisotopic (exact) mass is 282 g/mol. The Kier molecular flexibility index (Phi) is 6.78. The van der Waals surface area contributed by atoms with Gasteiger partial charge in [0.1, 0.15) is 0 Å². The van der Waals surface area contributed by atoms with E-state index in [-0.39, 0.29) is 6.42 Å². The van der Waals surface area contributed by atoms with Gasteiger partial charge in [-0.05, 0) is 32.3 Å². The first-order valence-electron chi connectivity index (χ1n) is 6.61. The Bertz CT molecular complexity index is 434. The summed E-state index contributed by atoms with van der Waals surface area (Å²) in [7, 11) is -0.849. The van der Waals surface area contributed by atoms with Crippen LogP contribution in [0.3, 0.4) is 0 Å². The van der Waals surface area contributed by atoms with Gasteiger partial charge in [0.05, 0.1) is 0 Å². The molecule has 4 heteroatoms. The number of rotatable bonds is 8. The number of carboxylic acid groups (broad SMARTS) is 1. The van der Waals surface area contributed by atoms with E-state index in [0.717, 1.165) is 18.4 Å². The Morgan fingerprint density at radius 1 is 1.11 bits per heavy atom. The molecule has 0 aromatic heterocycles. The maximum Gasteiger partial charge on any atom is 0.303 e. The van der Waals surface area contributed by atoms with Crippen LogP contribution in [0.1, 0.15) is 42.4 Å². The van der Waals surface area contributed by atoms with E-state index in [0.29, 0.717) is 17.9 Å². The third-order valence-electron chi connectivity index (χ3n) is 2.87. The van der Waals surface area contributed by atoms with Crippen molar-refractivity contribution in [1.29, 1.82) is 0 Å². The maximum absolute atomic E-state index is 11.9. The van der Waals surface area contributed by atoms with Crippen molar-refractivity contribution in [2.24, 2.45) is 0 Å². The lowest BCUT2D eigenvalue weighted by molar-refractivity contribution is -0.137. The predicted octanol–water partition coefficient (Wildman–Crippen LogP) is 3.20. The molecule has 0 saturated carbocycles. The van der Waals surface area contributed by atoms with E-state index < -0.39 is 16.8 Å². The van der Waals surface area contributed by atoms with Crippen molar-refractivity contribution < 1.29 is 14.1 Å². The molecule has 3 nitrogen and oxygen atoms in total. The molecule has 19 heavy (non-hydrogen) atoms. The molecule has 0 saturated heterocycles. The Hall–Kier alpha value is -1.16. The van der Waals surface area contributed by atoms with Crippen molar-refractivity contribution >= 4 is 16.8 Å². The van der Waals surface area contributed by atoms with Gasteiger partial charge in [-0.3, -0.25) is 9.00 Å². The fourth-order valence-electron chi connectivity index (χ4n) is 2.13. The highest BCUT2D eigenvalue weighted by atomic mass is 32.2. The lowest BCUT2D eigenvalue weighted by Crippen LogP contribution is -2.02. The quantitative estimate of drug-likeness (QED) is 0.745. The number of carbonyl (C=O) groups is 1. The second-order valence-corrected chi connectivity index (χ2v) is 6.57. The highest BCUT2D eigenvalue weighted by Gasteiger charge is 2.04. The lowest BCUT2D eigenvalue weighted by atomic mass is 10.1. The summed E-state index contributed by atoms with van der Waals surface area (Å²) in [5, 5.41) is 8.51. The Labute approximate surface area is 117 Å². The van der Waals surface area contributed by atoms with Crippen LogP contribution in [-0.4, -0.2) is 21.0 Å². The maximum atomic E-state index is 11.9. The zero-order chi connectivity index (χ0) is 14.3. The van der Waals surface area contributed by atoms with Gasteiger partial charge in [-0.1, -0.05) is 35.7 Å². The normalized spacial score (nSPS) is 12.3. The molecule has 1 aromatic rings. The molecule has 0 amide bonds. The standard InChI is InChI=1S/C15H22O3S/c1-12-8-13(2)10-14(9-12)11-19(18)7-5-3-4-6-15(16)17/h8-10H,3-7,11H2,1-2H3,(H,16,17). The van der Waals surface area contributed by atoms with E-state index in [2.05, 4.69) is 18.2 Å². The first-order chi connectivity index (χ1) is 8.97. The zero-order valence-corrected chi connectivity index (χ0v) is 12.5. The minimum Gasteiger partial charge on any atom is -0.481 e. The summed E-state index contributed by atoms with van der Waals surface area (Å²) >= 11 is 0. The summed E-state index contributed by atoms with van der Waals surface area (Å²) in [4.78, 5) is 10.3. The van der Waals surface area contributed by atoms with E-state index in [1.807, 2.05) is 13.8 Å². The summed E-state index contributed by atoms with van der Waals surface area (Å²) in [5.41, 5.74) is 3.53. The number of aryl methyl sites for hydroxylation is 2. The molecule has 1 unspecified atom stereocenters. The van der Waals surface area contributed by atoms with Crippen LogP contribution in [0.4, 0.5) is 0 Å². The molecule has 0 bridgehead atoms. The van der Waals surface area contributed by atoms with Crippen LogP contribution in [0.25, 0.3) is 0 Å². The second-order valence-electron chi connectivity index (χ2n) is 4.99. The minimum absolute atomic E-state index is 0.212. The highest BCUT2D eigenvalue weighted by Crippen LogP contribution is 2.12. The molecule has 1 atom stereocenters. The fraction of sp³-hybridized carbons (Fsp3) is 0.533. The van der Waals surface area contributed by atoms with E-state index in [1.54, 1.807) is 0 Å². The molecule has 0 aliphatic carbocycles. The fourth-order valence-corrected chi connectivity index (χ4v) is 3.34. The van der Waals surface area contributed by atoms with Gasteiger partial charge in [0.25, 0.3) is 0 Å². The van der Waals surface area contributed by atoms with Crippen molar-refractivity contribution in [3.8, 4) is 0 Å². The Morgan fingerprint density at radius 3 is 2.32 bits per heavy atom. The van der Waals surface area contributed by atoms with E-state index in [4.69, 9.17) is 5.11 Å². The van der Waals surface area contributed by atoms with E-state index >= 15 is 0 Å². The largest absolute Gasteiger partial charge is 0.481 e. The van der Waals surface area contributed by atoms with Gasteiger partial charge in [0, 0.05) is 28.7 Å². The van der Waals surface area contributed by atoms with Crippen LogP contribution in [0.15, 0.2) is 18.2 Å². The molecule has 106 valence electrons. The number of hydrogen-bond donors (Lipinski definition) is 1. The number of benzene rings is 1. The Morgan fingerprint density at radius 2 is 1.74 bits per heavy atom. The van der Waals surface area contributed by atoms with Gasteiger partial charge in [0.2, 0.25) is 0 Å². The van der Waals surface area contributed by atoms with Gasteiger partial charge in [0.15, 0.2) is 0 Å². The Balaban J connectivity index is 2.29. The minimum atomic E-state index is -0.849. The third-order valence-corrected chi connectivity index (χ3v) is 4.27. The van der Waals surface area contributed by atoms with E-state index in [9.17, 15) is 9.00 Å². The van der Waals surface area contributed by atoms with Crippen LogP contribution < -0.4 is 0 Å². The van der Waals surface area contributed by atoms with Crippen molar-refractivity contribution in [1.82, 2.24) is 0 Å². The van der Waals surface area contributed by atoms with Crippen LogP contribution in [-0.2, 0) is 21.3 Å². The van der Waals surface area contributed by atoms with Crippen molar-refractivity contribution in [3.63, 3.8) is 0 Å². The highest BCUT2D eigenvalue weighted by molar-refractivity contribution is 7.84. The average Bonchev–Trinajstić information content (AvgIpc) is 2.26. The molecule has 0 aliphatic heterocycles. The molecule has 0 aliphatic rings. The van der Waals surface area contributed by atoms with Crippen LogP contribution >= 0.6 is 0 Å². The first kappa shape index (κ1) is 15.9. The van der Waals surface area contributed by atoms with Crippen molar-refractivity contribution in [2.75, 3.05) is 5.75 Å². The van der Waals surface area contributed by atoms with Crippen LogP contribution in [0, 0.1) is 13.8 Å². The molecule has 0 radical (unpaired) electrons. The third kappa shape index (κ3) is 7.11. The first-order valence-corrected chi connectivity index (χ1v) is 8.10. The van der Waals surface area contributed by atoms with Crippen molar-refractivity contribution in [2.45, 2.75) is 45.3 Å². The second kappa shape index (κ2) is 8.10. The molecule has 1 N–H and O–H groups in total. The predicted molar refractivity (Wildman–Crippen MR) is 78.7 cm³/mol. The molecular weight excluding hydrogens is 260 g/mol. The molecule has 0 heterocycles. The summed E-state index contributed by atoms with van der Waals surface area (Å²) < 4.78 is 11.9. The zero-order valence-electron chi connectivity index (χ0n) is 11.6. The molecule has 1 rings (SSSR count). The van der Waals surface area contributed by atoms with Crippen LogP contribution in [0.5, 0.6) is 0 Å². The molecule has 1 aromatic carbocycles. The van der Waals surface area contributed by atoms with Gasteiger partial charge < -0.3 is 5.11 Å². The summed E-state index contributed by atoms with van der Waals surface area (Å²) in [5.74, 6) is 0.505. The average molecular weight is 282 g/mol. The van der Waals surface area contributed by atoms with Crippen LogP contribution in [0.2, 0.25) is 0 Å². The molecular formula is C15H22O3S. The lowest BCUT2D eigenvalue weighted by Gasteiger charge is -2.05. The van der Waals surface area contributed by atoms with Gasteiger partial charge in [-0.15, -0.1) is 0 Å². The SMILES string of the molecule is Cc1cc(C)cc(CS(=O)CCCCCC(=O)O)c1. The van der Waals surface area contributed by atoms with Crippen molar-refractivity contribution in [3.05, 3.63) is 34.9 Å². The molecule has 0 fully saturated rings. The number of carboxylic acids is 1. The molecule has 0 spiro atoms.